The van der Waals surface area contributed by atoms with Crippen LogP contribution in [0.4, 0.5) is 4.39 Å². The molecule has 140 valence electrons. The molecule has 0 radical (unpaired) electrons. The number of aromatic nitrogens is 1. The smallest absolute Gasteiger partial charge is 0.251 e. The minimum absolute atomic E-state index is 0.0926. The maximum atomic E-state index is 13.2. The summed E-state index contributed by atoms with van der Waals surface area (Å²) in [6.07, 6.45) is 0.341. The number of rotatable bonds is 8. The average molecular weight is 370 g/mol. The highest BCUT2D eigenvalue weighted by molar-refractivity contribution is 5.79. The molecule has 0 aliphatic heterocycles. The summed E-state index contributed by atoms with van der Waals surface area (Å²) in [5.41, 5.74) is 2.87. The number of fused-ring (bicyclic) bond motifs is 1. The van der Waals surface area contributed by atoms with Gasteiger partial charge in [-0.05, 0) is 48.2 Å². The maximum Gasteiger partial charge on any atom is 0.251 e. The number of aromatic amines is 1. The molecular weight excluding hydrogens is 351 g/mol. The van der Waals surface area contributed by atoms with E-state index in [1.54, 1.807) is 12.1 Å². The summed E-state index contributed by atoms with van der Waals surface area (Å²) in [5, 5.41) is 0.709. The summed E-state index contributed by atoms with van der Waals surface area (Å²) in [5.74, 6) is -0.0326. The minimum atomic E-state index is -0.418. The van der Waals surface area contributed by atoms with Crippen molar-refractivity contribution >= 4 is 16.8 Å². The van der Waals surface area contributed by atoms with Crippen molar-refractivity contribution in [3.8, 4) is 5.75 Å². The van der Waals surface area contributed by atoms with Gasteiger partial charge in [-0.2, -0.15) is 0 Å². The molecule has 0 bridgehead atoms. The first-order valence-electron chi connectivity index (χ1n) is 8.52. The molecule has 7 heteroatoms. The first-order chi connectivity index (χ1) is 13.1. The van der Waals surface area contributed by atoms with E-state index in [1.165, 1.54) is 12.1 Å². The molecule has 0 unspecified atom stereocenters. The molecule has 1 heterocycles. The molecule has 3 aromatic rings. The third-order valence-electron chi connectivity index (χ3n) is 3.89. The number of para-hydroxylation sites is 1. The monoisotopic (exact) mass is 370 g/mol. The topological polar surface area (TPSA) is 80.4 Å². The summed E-state index contributed by atoms with van der Waals surface area (Å²) in [6, 6.07) is 15.1. The normalized spacial score (nSPS) is 10.7. The summed E-state index contributed by atoms with van der Waals surface area (Å²) in [4.78, 5) is 31.6. The number of halogens is 1. The number of hydrogen-bond donors (Lipinski definition) is 2. The third-order valence-corrected chi connectivity index (χ3v) is 3.89. The van der Waals surface area contributed by atoms with E-state index < -0.39 is 5.82 Å². The molecule has 0 aliphatic carbocycles. The Morgan fingerprint density at radius 1 is 1.07 bits per heavy atom. The fraction of sp³-hybridized carbons (Fsp3) is 0.200. The fourth-order valence-electron chi connectivity index (χ4n) is 2.55. The van der Waals surface area contributed by atoms with Crippen LogP contribution in [-0.2, 0) is 16.1 Å². The van der Waals surface area contributed by atoms with Gasteiger partial charge < -0.3 is 9.72 Å². The zero-order valence-corrected chi connectivity index (χ0v) is 14.5. The van der Waals surface area contributed by atoms with E-state index in [0.29, 0.717) is 23.1 Å². The van der Waals surface area contributed by atoms with E-state index in [4.69, 9.17) is 9.57 Å². The van der Waals surface area contributed by atoms with Gasteiger partial charge in [0.05, 0.1) is 5.52 Å². The van der Waals surface area contributed by atoms with Gasteiger partial charge in [-0.15, -0.1) is 0 Å². The van der Waals surface area contributed by atoms with E-state index >= 15 is 0 Å². The van der Waals surface area contributed by atoms with Crippen molar-refractivity contribution in [1.82, 2.24) is 10.5 Å². The molecule has 0 saturated heterocycles. The number of carbonyl (C=O) groups is 1. The molecule has 27 heavy (non-hydrogen) atoms. The zero-order valence-electron chi connectivity index (χ0n) is 14.5. The molecule has 0 atom stereocenters. The average Bonchev–Trinajstić information content (AvgIpc) is 2.67. The van der Waals surface area contributed by atoms with E-state index in [-0.39, 0.29) is 30.9 Å². The van der Waals surface area contributed by atoms with Crippen molar-refractivity contribution in [2.24, 2.45) is 0 Å². The predicted octanol–water partition coefficient (Wildman–Crippen LogP) is 2.73. The van der Waals surface area contributed by atoms with Crippen LogP contribution in [-0.4, -0.2) is 24.1 Å². The Hall–Kier alpha value is -3.19. The van der Waals surface area contributed by atoms with Crippen LogP contribution in [0.15, 0.2) is 59.4 Å². The molecular formula is C20H19FN2O4. The fourth-order valence-corrected chi connectivity index (χ4v) is 2.55. The SMILES string of the molecule is O=C(CCc1cc2ccc(F)cc2[nH]c1=O)NOCCOc1ccccc1. The summed E-state index contributed by atoms with van der Waals surface area (Å²) >= 11 is 0. The van der Waals surface area contributed by atoms with Crippen LogP contribution in [0, 0.1) is 5.82 Å². The lowest BCUT2D eigenvalue weighted by molar-refractivity contribution is -0.134. The molecule has 3 rings (SSSR count). The van der Waals surface area contributed by atoms with Gasteiger partial charge in [0.25, 0.3) is 5.56 Å². The second kappa shape index (κ2) is 8.95. The van der Waals surface area contributed by atoms with Gasteiger partial charge in [0, 0.05) is 12.0 Å². The van der Waals surface area contributed by atoms with Crippen LogP contribution in [0.2, 0.25) is 0 Å². The van der Waals surface area contributed by atoms with Crippen LogP contribution in [0.3, 0.4) is 0 Å². The molecule has 0 spiro atoms. The van der Waals surface area contributed by atoms with Crippen LogP contribution in [0.5, 0.6) is 5.75 Å². The number of H-pyrrole nitrogens is 1. The third kappa shape index (κ3) is 5.39. The van der Waals surface area contributed by atoms with Crippen LogP contribution < -0.4 is 15.8 Å². The summed E-state index contributed by atoms with van der Waals surface area (Å²) in [6.45, 7) is 0.494. The van der Waals surface area contributed by atoms with Crippen LogP contribution in [0.25, 0.3) is 10.9 Å². The molecule has 2 aromatic carbocycles. The lowest BCUT2D eigenvalue weighted by Crippen LogP contribution is -2.27. The Kier molecular flexibility index (Phi) is 6.17. The maximum absolute atomic E-state index is 13.2. The van der Waals surface area contributed by atoms with Crippen molar-refractivity contribution in [2.45, 2.75) is 12.8 Å². The van der Waals surface area contributed by atoms with E-state index in [9.17, 15) is 14.0 Å². The standard InChI is InChI=1S/C20H19FN2O4/c21-16-8-6-14-12-15(20(25)22-18(14)13-16)7-9-19(24)23-27-11-10-26-17-4-2-1-3-5-17/h1-6,8,12-13H,7,9-11H2,(H,22,25)(H,23,24). The second-order valence-electron chi connectivity index (χ2n) is 5.89. The molecule has 2 N–H and O–H groups in total. The number of amides is 1. The Bertz CT molecular complexity index is 973. The first kappa shape index (κ1) is 18.6. The van der Waals surface area contributed by atoms with Crippen molar-refractivity contribution in [2.75, 3.05) is 13.2 Å². The Morgan fingerprint density at radius 2 is 1.89 bits per heavy atom. The summed E-state index contributed by atoms with van der Waals surface area (Å²) in [7, 11) is 0. The highest BCUT2D eigenvalue weighted by Crippen LogP contribution is 2.13. The second-order valence-corrected chi connectivity index (χ2v) is 5.89. The zero-order chi connectivity index (χ0) is 19.1. The van der Waals surface area contributed by atoms with Gasteiger partial charge in [-0.25, -0.2) is 9.87 Å². The van der Waals surface area contributed by atoms with Crippen LogP contribution in [0.1, 0.15) is 12.0 Å². The number of pyridine rings is 1. The van der Waals surface area contributed by atoms with Gasteiger partial charge in [0.15, 0.2) is 0 Å². The van der Waals surface area contributed by atoms with Gasteiger partial charge in [0.1, 0.15) is 24.8 Å². The van der Waals surface area contributed by atoms with Crippen LogP contribution >= 0.6 is 0 Å². The lowest BCUT2D eigenvalue weighted by atomic mass is 10.1. The number of hydroxylamine groups is 1. The lowest BCUT2D eigenvalue weighted by Gasteiger charge is -2.08. The predicted molar refractivity (Wildman–Crippen MR) is 98.9 cm³/mol. The number of carbonyl (C=O) groups excluding carboxylic acids is 1. The Balaban J connectivity index is 1.42. The van der Waals surface area contributed by atoms with E-state index in [2.05, 4.69) is 10.5 Å². The van der Waals surface area contributed by atoms with Gasteiger partial charge in [-0.3, -0.25) is 14.4 Å². The minimum Gasteiger partial charge on any atom is -0.491 e. The Labute approximate surface area is 154 Å². The first-order valence-corrected chi connectivity index (χ1v) is 8.52. The highest BCUT2D eigenvalue weighted by atomic mass is 19.1. The molecule has 0 aliphatic rings. The molecule has 0 saturated carbocycles. The number of nitrogens with one attached hydrogen (secondary N) is 2. The van der Waals surface area contributed by atoms with Crippen molar-refractivity contribution < 1.29 is 18.8 Å². The van der Waals surface area contributed by atoms with Crippen molar-refractivity contribution in [3.63, 3.8) is 0 Å². The van der Waals surface area contributed by atoms with Gasteiger partial charge in [0.2, 0.25) is 5.91 Å². The number of aryl methyl sites for hydroxylation is 1. The van der Waals surface area contributed by atoms with Crippen molar-refractivity contribution in [1.29, 1.82) is 0 Å². The molecule has 1 aromatic heterocycles. The van der Waals surface area contributed by atoms with Gasteiger partial charge >= 0.3 is 0 Å². The van der Waals surface area contributed by atoms with E-state index in [1.807, 2.05) is 30.3 Å². The van der Waals surface area contributed by atoms with Gasteiger partial charge in [-0.1, -0.05) is 18.2 Å². The quantitative estimate of drug-likeness (QED) is 0.472. The number of benzene rings is 2. The summed E-state index contributed by atoms with van der Waals surface area (Å²) < 4.78 is 18.6. The largest absolute Gasteiger partial charge is 0.491 e. The van der Waals surface area contributed by atoms with E-state index in [0.717, 1.165) is 5.75 Å². The number of hydrogen-bond acceptors (Lipinski definition) is 4. The Morgan fingerprint density at radius 3 is 2.70 bits per heavy atom. The number of ether oxygens (including phenoxy) is 1. The highest BCUT2D eigenvalue weighted by Gasteiger charge is 2.07. The molecule has 1 amide bonds. The molecule has 0 fully saturated rings. The molecule has 6 nitrogen and oxygen atoms in total. The van der Waals surface area contributed by atoms with Crippen molar-refractivity contribution in [3.05, 3.63) is 76.3 Å².